The van der Waals surface area contributed by atoms with Gasteiger partial charge in [0.1, 0.15) is 11.9 Å². The number of nitrogens with two attached hydrogens (primary N) is 1. The van der Waals surface area contributed by atoms with E-state index in [1.807, 2.05) is 0 Å². The molecule has 2 N–H and O–H groups in total. The molecule has 0 saturated carbocycles. The van der Waals surface area contributed by atoms with E-state index in [-0.39, 0.29) is 12.7 Å². The number of para-hydroxylation sites is 2. The summed E-state index contributed by atoms with van der Waals surface area (Å²) in [6.07, 6.45) is 0.610. The Hall–Kier alpha value is -1.75. The second kappa shape index (κ2) is 5.54. The van der Waals surface area contributed by atoms with Crippen molar-refractivity contribution in [1.29, 1.82) is 0 Å². The first kappa shape index (κ1) is 11.7. The lowest BCUT2D eigenvalue weighted by Gasteiger charge is -2.11. The molecule has 0 aliphatic carbocycles. The smallest absolute Gasteiger partial charge is 0.344 e. The third-order valence-corrected chi connectivity index (χ3v) is 2.45. The number of carbonyl (C=O) groups excluding carboxylic acids is 1. The summed E-state index contributed by atoms with van der Waals surface area (Å²) in [5.41, 5.74) is 6.18. The van der Waals surface area contributed by atoms with E-state index in [0.717, 1.165) is 6.42 Å². The van der Waals surface area contributed by atoms with Crippen molar-refractivity contribution in [3.63, 3.8) is 0 Å². The van der Waals surface area contributed by atoms with Gasteiger partial charge >= 0.3 is 5.97 Å². The van der Waals surface area contributed by atoms with Crippen molar-refractivity contribution in [1.82, 2.24) is 0 Å². The van der Waals surface area contributed by atoms with Gasteiger partial charge in [0, 0.05) is 6.42 Å². The summed E-state index contributed by atoms with van der Waals surface area (Å²) in [5.74, 6) is 0.0934. The minimum Gasteiger partial charge on any atom is -0.480 e. The number of rotatable bonds is 4. The summed E-state index contributed by atoms with van der Waals surface area (Å²) in [5, 5.41) is 0. The van der Waals surface area contributed by atoms with Crippen LogP contribution in [0.4, 0.5) is 5.69 Å². The molecule has 1 heterocycles. The van der Waals surface area contributed by atoms with Gasteiger partial charge in [0.2, 0.25) is 0 Å². The van der Waals surface area contributed by atoms with E-state index in [4.69, 9.17) is 19.9 Å². The lowest BCUT2D eigenvalue weighted by atomic mass is 10.3. The largest absolute Gasteiger partial charge is 0.480 e. The maximum absolute atomic E-state index is 11.4. The first-order valence-electron chi connectivity index (χ1n) is 5.50. The highest BCUT2D eigenvalue weighted by molar-refractivity contribution is 5.71. The Balaban J connectivity index is 1.77. The molecule has 0 radical (unpaired) electrons. The summed E-state index contributed by atoms with van der Waals surface area (Å²) >= 11 is 0. The number of benzene rings is 1. The predicted octanol–water partition coefficient (Wildman–Crippen LogP) is 0.980. The summed E-state index contributed by atoms with van der Waals surface area (Å²) in [6.45, 7) is 0.981. The lowest BCUT2D eigenvalue weighted by molar-refractivity contribution is -0.151. The Labute approximate surface area is 99.5 Å². The number of ether oxygens (including phenoxy) is 3. The molecular weight excluding hydrogens is 222 g/mol. The van der Waals surface area contributed by atoms with E-state index in [2.05, 4.69) is 0 Å². The Bertz CT molecular complexity index is 388. The summed E-state index contributed by atoms with van der Waals surface area (Å²) in [7, 11) is 0. The molecule has 1 saturated heterocycles. The molecule has 5 heteroatoms. The molecule has 5 nitrogen and oxygen atoms in total. The van der Waals surface area contributed by atoms with Gasteiger partial charge in [-0.05, 0) is 12.1 Å². The summed E-state index contributed by atoms with van der Waals surface area (Å²) in [4.78, 5) is 11.4. The van der Waals surface area contributed by atoms with Crippen LogP contribution in [0, 0.1) is 0 Å². The zero-order valence-corrected chi connectivity index (χ0v) is 9.43. The Morgan fingerprint density at radius 3 is 3.00 bits per heavy atom. The van der Waals surface area contributed by atoms with Crippen LogP contribution in [0.5, 0.6) is 5.75 Å². The van der Waals surface area contributed by atoms with Crippen LogP contribution in [0.3, 0.4) is 0 Å². The SMILES string of the molecule is Nc1ccccc1OCC(=O)OC1CCOC1. The minimum atomic E-state index is -0.399. The number of hydrogen-bond donors (Lipinski definition) is 1. The predicted molar refractivity (Wildman–Crippen MR) is 61.7 cm³/mol. The van der Waals surface area contributed by atoms with Crippen LogP contribution in [-0.2, 0) is 14.3 Å². The van der Waals surface area contributed by atoms with Gasteiger partial charge in [0.15, 0.2) is 6.61 Å². The van der Waals surface area contributed by atoms with Gasteiger partial charge in [-0.15, -0.1) is 0 Å². The molecule has 1 aliphatic heterocycles. The topological polar surface area (TPSA) is 70.8 Å². The third-order valence-electron chi connectivity index (χ3n) is 2.45. The van der Waals surface area contributed by atoms with E-state index in [9.17, 15) is 4.79 Å². The molecule has 2 rings (SSSR count). The Kier molecular flexibility index (Phi) is 3.82. The molecule has 0 bridgehead atoms. The summed E-state index contributed by atoms with van der Waals surface area (Å²) in [6, 6.07) is 7.02. The Morgan fingerprint density at radius 1 is 1.47 bits per heavy atom. The first-order valence-corrected chi connectivity index (χ1v) is 5.50. The van der Waals surface area contributed by atoms with Gasteiger partial charge < -0.3 is 19.9 Å². The first-order chi connectivity index (χ1) is 8.25. The molecule has 0 aromatic heterocycles. The van der Waals surface area contributed by atoms with E-state index >= 15 is 0 Å². The highest BCUT2D eigenvalue weighted by Gasteiger charge is 2.20. The normalized spacial score (nSPS) is 18.9. The second-order valence-electron chi connectivity index (χ2n) is 3.80. The van der Waals surface area contributed by atoms with Crippen molar-refractivity contribution in [3.05, 3.63) is 24.3 Å². The van der Waals surface area contributed by atoms with Crippen molar-refractivity contribution >= 4 is 11.7 Å². The maximum Gasteiger partial charge on any atom is 0.344 e. The zero-order chi connectivity index (χ0) is 12.1. The fourth-order valence-electron chi connectivity index (χ4n) is 1.57. The monoisotopic (exact) mass is 237 g/mol. The number of nitrogen functional groups attached to an aromatic ring is 1. The number of carbonyl (C=O) groups is 1. The fraction of sp³-hybridized carbons (Fsp3) is 0.417. The molecule has 1 aromatic carbocycles. The molecule has 0 spiro atoms. The quantitative estimate of drug-likeness (QED) is 0.624. The third kappa shape index (κ3) is 3.35. The average molecular weight is 237 g/mol. The van der Waals surface area contributed by atoms with Crippen LogP contribution in [0.1, 0.15) is 6.42 Å². The fourth-order valence-corrected chi connectivity index (χ4v) is 1.57. The van der Waals surface area contributed by atoms with Gasteiger partial charge in [0.25, 0.3) is 0 Å². The zero-order valence-electron chi connectivity index (χ0n) is 9.43. The van der Waals surface area contributed by atoms with Gasteiger partial charge in [-0.25, -0.2) is 4.79 Å². The number of hydrogen-bond acceptors (Lipinski definition) is 5. The van der Waals surface area contributed by atoms with Crippen molar-refractivity contribution in [2.45, 2.75) is 12.5 Å². The highest BCUT2D eigenvalue weighted by atomic mass is 16.6. The average Bonchev–Trinajstić information content (AvgIpc) is 2.81. The maximum atomic E-state index is 11.4. The van der Waals surface area contributed by atoms with E-state index in [1.54, 1.807) is 24.3 Å². The standard InChI is InChI=1S/C12H15NO4/c13-10-3-1-2-4-11(10)16-8-12(14)17-9-5-6-15-7-9/h1-4,9H,5-8,13H2. The van der Waals surface area contributed by atoms with Crippen LogP contribution in [0.15, 0.2) is 24.3 Å². The van der Waals surface area contributed by atoms with E-state index in [1.165, 1.54) is 0 Å². The molecule has 1 fully saturated rings. The molecular formula is C12H15NO4. The van der Waals surface area contributed by atoms with Crippen LogP contribution in [0.2, 0.25) is 0 Å². The van der Waals surface area contributed by atoms with Crippen LogP contribution >= 0.6 is 0 Å². The van der Waals surface area contributed by atoms with E-state index < -0.39 is 5.97 Å². The molecule has 1 unspecified atom stereocenters. The summed E-state index contributed by atoms with van der Waals surface area (Å²) < 4.78 is 15.5. The Morgan fingerprint density at radius 2 is 2.29 bits per heavy atom. The lowest BCUT2D eigenvalue weighted by Crippen LogP contribution is -2.23. The molecule has 92 valence electrons. The number of anilines is 1. The van der Waals surface area contributed by atoms with Crippen molar-refractivity contribution in [3.8, 4) is 5.75 Å². The van der Waals surface area contributed by atoms with Crippen molar-refractivity contribution in [2.75, 3.05) is 25.6 Å². The molecule has 17 heavy (non-hydrogen) atoms. The van der Waals surface area contributed by atoms with Crippen LogP contribution in [0.25, 0.3) is 0 Å². The molecule has 1 atom stereocenters. The van der Waals surface area contributed by atoms with Gasteiger partial charge in [-0.1, -0.05) is 12.1 Å². The minimum absolute atomic E-state index is 0.134. The molecule has 0 amide bonds. The van der Waals surface area contributed by atoms with Gasteiger partial charge in [-0.3, -0.25) is 0 Å². The molecule has 1 aromatic rings. The van der Waals surface area contributed by atoms with Gasteiger partial charge in [-0.2, -0.15) is 0 Å². The van der Waals surface area contributed by atoms with Crippen LogP contribution in [-0.4, -0.2) is 31.9 Å². The number of esters is 1. The second-order valence-corrected chi connectivity index (χ2v) is 3.80. The molecule has 1 aliphatic rings. The highest BCUT2D eigenvalue weighted by Crippen LogP contribution is 2.19. The van der Waals surface area contributed by atoms with E-state index in [0.29, 0.717) is 24.7 Å². The van der Waals surface area contributed by atoms with Crippen molar-refractivity contribution < 1.29 is 19.0 Å². The van der Waals surface area contributed by atoms with Gasteiger partial charge in [0.05, 0.1) is 18.9 Å². The van der Waals surface area contributed by atoms with Crippen molar-refractivity contribution in [2.24, 2.45) is 0 Å². The van der Waals surface area contributed by atoms with Crippen LogP contribution < -0.4 is 10.5 Å².